The lowest BCUT2D eigenvalue weighted by Gasteiger charge is -2.23. The Morgan fingerprint density at radius 2 is 1.81 bits per heavy atom. The Hall–Kier alpha value is -5.15. The number of nitrogens with zero attached hydrogens (tertiary/aromatic N) is 5. The lowest BCUT2D eigenvalue weighted by atomic mass is 10.1. The second kappa shape index (κ2) is 13.9. The number of allylic oxidation sites excluding steroid dienone is 1. The van der Waals surface area contributed by atoms with Crippen LogP contribution in [0.2, 0.25) is 0 Å². The summed E-state index contributed by atoms with van der Waals surface area (Å²) >= 11 is -1.57. The molecule has 1 fully saturated rings. The van der Waals surface area contributed by atoms with Crippen LogP contribution >= 0.6 is 0 Å². The molecule has 246 valence electrons. The Bertz CT molecular complexity index is 2000. The van der Waals surface area contributed by atoms with Gasteiger partial charge in [0.05, 0.1) is 6.54 Å². The van der Waals surface area contributed by atoms with E-state index in [4.69, 9.17) is 14.5 Å². The highest BCUT2D eigenvalue weighted by molar-refractivity contribution is 7.95. The molecule has 2 aliphatic heterocycles. The zero-order chi connectivity index (χ0) is 33.0. The van der Waals surface area contributed by atoms with Crippen LogP contribution in [0.5, 0.6) is 17.2 Å². The van der Waals surface area contributed by atoms with Crippen molar-refractivity contribution in [3.63, 3.8) is 0 Å². The SMILES string of the molecule is Cc1ccccc1Oc1cc2cnc(Nc3ccc(OC4CCNCC4)cc3)nc2n(CC2=C([S+]([O-])c3ccncc3)N(C)NN2)c1=O. The molecule has 14 heteroatoms. The number of hydrogen-bond donors (Lipinski definition) is 4. The van der Waals surface area contributed by atoms with Gasteiger partial charge in [-0.1, -0.05) is 18.2 Å². The van der Waals surface area contributed by atoms with Crippen LogP contribution in [0.3, 0.4) is 0 Å². The Balaban J connectivity index is 1.24. The highest BCUT2D eigenvalue weighted by atomic mass is 32.2. The van der Waals surface area contributed by atoms with Gasteiger partial charge in [0.1, 0.15) is 28.9 Å². The van der Waals surface area contributed by atoms with Gasteiger partial charge < -0.3 is 24.7 Å². The number of benzene rings is 2. The monoisotopic (exact) mass is 665 g/mol. The average molecular weight is 666 g/mol. The van der Waals surface area contributed by atoms with E-state index in [9.17, 15) is 9.35 Å². The summed E-state index contributed by atoms with van der Waals surface area (Å²) < 4.78 is 27.5. The molecule has 48 heavy (non-hydrogen) atoms. The molecule has 13 nitrogen and oxygen atoms in total. The Morgan fingerprint density at radius 1 is 1.04 bits per heavy atom. The molecule has 1 atom stereocenters. The Kier molecular flexibility index (Phi) is 9.12. The van der Waals surface area contributed by atoms with Gasteiger partial charge in [-0.3, -0.25) is 24.8 Å². The van der Waals surface area contributed by atoms with Gasteiger partial charge in [-0.25, -0.2) is 4.98 Å². The summed E-state index contributed by atoms with van der Waals surface area (Å²) in [5.74, 6) is 1.78. The third-order valence-electron chi connectivity index (χ3n) is 8.10. The molecule has 7 rings (SSSR count). The molecule has 5 heterocycles. The van der Waals surface area contributed by atoms with E-state index in [2.05, 4.69) is 31.6 Å². The van der Waals surface area contributed by atoms with E-state index < -0.39 is 16.7 Å². The number of aromatic nitrogens is 4. The number of anilines is 2. The van der Waals surface area contributed by atoms with Crippen LogP contribution in [0.1, 0.15) is 18.4 Å². The van der Waals surface area contributed by atoms with E-state index in [-0.39, 0.29) is 18.4 Å². The van der Waals surface area contributed by atoms with Crippen molar-refractivity contribution < 1.29 is 14.0 Å². The summed E-state index contributed by atoms with van der Waals surface area (Å²) in [4.78, 5) is 28.1. The second-order valence-corrected chi connectivity index (χ2v) is 12.9. The van der Waals surface area contributed by atoms with Crippen molar-refractivity contribution in [1.29, 1.82) is 0 Å². The topological polar surface area (TPSA) is 154 Å². The van der Waals surface area contributed by atoms with E-state index in [1.54, 1.807) is 48.8 Å². The predicted molar refractivity (Wildman–Crippen MR) is 183 cm³/mol. The summed E-state index contributed by atoms with van der Waals surface area (Å²) in [5.41, 5.74) is 8.22. The quantitative estimate of drug-likeness (QED) is 0.159. The molecule has 0 aliphatic carbocycles. The molecule has 1 unspecified atom stereocenters. The Labute approximate surface area is 280 Å². The number of fused-ring (bicyclic) bond motifs is 1. The number of rotatable bonds is 10. The van der Waals surface area contributed by atoms with Gasteiger partial charge in [0.2, 0.25) is 5.95 Å². The van der Waals surface area contributed by atoms with Crippen molar-refractivity contribution in [3.05, 3.63) is 112 Å². The molecule has 0 radical (unpaired) electrons. The van der Waals surface area contributed by atoms with Crippen molar-refractivity contribution >= 4 is 33.8 Å². The lowest BCUT2D eigenvalue weighted by molar-refractivity contribution is 0.162. The first-order valence-corrected chi connectivity index (χ1v) is 16.8. The van der Waals surface area contributed by atoms with Crippen molar-refractivity contribution in [2.24, 2.45) is 0 Å². The maximum atomic E-state index is 14.2. The molecule has 5 aromatic rings. The van der Waals surface area contributed by atoms with Crippen LogP contribution in [0, 0.1) is 6.92 Å². The molecule has 0 bridgehead atoms. The molecule has 0 saturated carbocycles. The van der Waals surface area contributed by atoms with Crippen molar-refractivity contribution in [2.75, 3.05) is 25.5 Å². The van der Waals surface area contributed by atoms with Crippen molar-refractivity contribution in [2.45, 2.75) is 37.3 Å². The predicted octanol–water partition coefficient (Wildman–Crippen LogP) is 4.09. The number of ether oxygens (including phenoxy) is 2. The van der Waals surface area contributed by atoms with Crippen LogP contribution < -0.4 is 36.6 Å². The number of hydrogen-bond acceptors (Lipinski definition) is 12. The molecule has 3 aromatic heterocycles. The van der Waals surface area contributed by atoms with E-state index in [1.807, 2.05) is 55.5 Å². The third-order valence-corrected chi connectivity index (χ3v) is 9.67. The molecule has 1 saturated heterocycles. The van der Waals surface area contributed by atoms with E-state index in [0.29, 0.717) is 38.4 Å². The fourth-order valence-corrected chi connectivity index (χ4v) is 6.81. The van der Waals surface area contributed by atoms with Crippen LogP contribution in [0.4, 0.5) is 11.6 Å². The zero-order valence-electron chi connectivity index (χ0n) is 26.5. The zero-order valence-corrected chi connectivity index (χ0v) is 27.3. The molecular formula is C34H35N9O4S. The van der Waals surface area contributed by atoms with Gasteiger partial charge in [-0.2, -0.15) is 4.98 Å². The van der Waals surface area contributed by atoms with Gasteiger partial charge in [0, 0.05) is 60.0 Å². The third kappa shape index (κ3) is 6.78. The van der Waals surface area contributed by atoms with Gasteiger partial charge in [0.15, 0.2) is 10.6 Å². The van der Waals surface area contributed by atoms with E-state index in [0.717, 1.165) is 42.9 Å². The number of hydrazine groups is 2. The van der Waals surface area contributed by atoms with E-state index >= 15 is 0 Å². The van der Waals surface area contributed by atoms with Crippen LogP contribution in [-0.2, 0) is 17.7 Å². The fourth-order valence-electron chi connectivity index (χ4n) is 5.59. The van der Waals surface area contributed by atoms with Crippen LogP contribution in [-0.4, -0.2) is 55.3 Å². The molecule has 4 N–H and O–H groups in total. The number of piperidine rings is 1. The first-order chi connectivity index (χ1) is 23.4. The molecule has 2 aromatic carbocycles. The highest BCUT2D eigenvalue weighted by Gasteiger charge is 2.32. The molecule has 0 amide bonds. The minimum absolute atomic E-state index is 0.0168. The second-order valence-electron chi connectivity index (χ2n) is 11.5. The minimum Gasteiger partial charge on any atom is -0.605 e. The molecular weight excluding hydrogens is 630 g/mol. The number of para-hydroxylation sites is 1. The van der Waals surface area contributed by atoms with Gasteiger partial charge in [-0.15, -0.1) is 5.53 Å². The van der Waals surface area contributed by atoms with E-state index in [1.165, 1.54) is 4.57 Å². The normalized spacial score (nSPS) is 15.8. The van der Waals surface area contributed by atoms with Crippen LogP contribution in [0.25, 0.3) is 11.0 Å². The largest absolute Gasteiger partial charge is 0.605 e. The summed E-state index contributed by atoms with van der Waals surface area (Å²) in [6.45, 7) is 3.85. The van der Waals surface area contributed by atoms with Gasteiger partial charge in [-0.05, 0) is 74.8 Å². The van der Waals surface area contributed by atoms with Crippen LogP contribution in [0.15, 0.2) is 106 Å². The number of nitrogens with one attached hydrogen (secondary N) is 4. The minimum atomic E-state index is -1.57. The van der Waals surface area contributed by atoms with Gasteiger partial charge in [0.25, 0.3) is 10.6 Å². The molecule has 0 spiro atoms. The number of pyridine rings is 2. The van der Waals surface area contributed by atoms with Crippen molar-refractivity contribution in [1.82, 2.24) is 40.8 Å². The Morgan fingerprint density at radius 3 is 2.58 bits per heavy atom. The maximum Gasteiger partial charge on any atom is 0.295 e. The molecule has 2 aliphatic rings. The standard InChI is InChI=1S/C34H35N9O4S/c1-22-5-3-4-6-29(22)47-30-19-23-20-37-34(38-24-7-9-25(10-8-24)46-26-11-15-35-16-12-26)39-31(23)43(32(30)44)21-28-33(42(2)41-40-28)48(45)27-13-17-36-18-14-27/h3-10,13-14,17-20,26,35,40-41H,11-12,15-16,21H2,1-2H3,(H,37,38,39). The van der Waals surface area contributed by atoms with Gasteiger partial charge >= 0.3 is 0 Å². The lowest BCUT2D eigenvalue weighted by Crippen LogP contribution is -2.36. The summed E-state index contributed by atoms with van der Waals surface area (Å²) in [5, 5.41) is 9.28. The average Bonchev–Trinajstić information content (AvgIpc) is 3.48. The smallest absolute Gasteiger partial charge is 0.295 e. The number of aryl methyl sites for hydroxylation is 1. The first-order valence-electron chi connectivity index (χ1n) is 15.6. The summed E-state index contributed by atoms with van der Waals surface area (Å²) in [6.07, 6.45) is 6.99. The summed E-state index contributed by atoms with van der Waals surface area (Å²) in [7, 11) is 1.75. The maximum absolute atomic E-state index is 14.2. The fraction of sp³-hybridized carbons (Fsp3) is 0.235. The first kappa shape index (κ1) is 31.4. The highest BCUT2D eigenvalue weighted by Crippen LogP contribution is 2.29. The summed E-state index contributed by atoms with van der Waals surface area (Å²) in [6, 6.07) is 20.2. The van der Waals surface area contributed by atoms with Crippen molar-refractivity contribution in [3.8, 4) is 17.2 Å².